The molecule has 0 unspecified atom stereocenters. The van der Waals surface area contributed by atoms with E-state index in [1.54, 1.807) is 4.40 Å². The normalized spacial score (nSPS) is 11.9. The van der Waals surface area contributed by atoms with Crippen LogP contribution in [0.25, 0.3) is 5.65 Å². The van der Waals surface area contributed by atoms with Crippen LogP contribution in [0.15, 0.2) is 23.1 Å². The molecule has 0 aliphatic heterocycles. The van der Waals surface area contributed by atoms with Gasteiger partial charge in [0.1, 0.15) is 0 Å². The highest BCUT2D eigenvalue weighted by molar-refractivity contribution is 5.38. The number of rotatable bonds is 2. The number of fused-ring (bicyclic) bond motifs is 1. The Hall–Kier alpha value is -1.58. The van der Waals surface area contributed by atoms with Crippen molar-refractivity contribution in [3.63, 3.8) is 0 Å². The van der Waals surface area contributed by atoms with Crippen LogP contribution in [-0.2, 0) is 0 Å². The van der Waals surface area contributed by atoms with Crippen LogP contribution in [0.4, 0.5) is 0 Å². The van der Waals surface area contributed by atoms with Crippen LogP contribution in [0.5, 0.6) is 0 Å². The lowest BCUT2D eigenvalue weighted by atomic mass is 10.1. The Labute approximate surface area is 94.5 Å². The molecule has 4 heteroatoms. The molecule has 0 bridgehead atoms. The first kappa shape index (κ1) is 10.9. The molecule has 0 amide bonds. The van der Waals surface area contributed by atoms with Crippen LogP contribution >= 0.6 is 0 Å². The predicted molar refractivity (Wildman–Crippen MR) is 63.9 cm³/mol. The number of nitrogens with zero attached hydrogens (tertiary/aromatic N) is 3. The SMILES string of the molecule is CC(C)c1ccc2nn(C(C)C)c(=O)n2c1. The predicted octanol–water partition coefficient (Wildman–Crippen LogP) is 2.20. The Morgan fingerprint density at radius 2 is 1.88 bits per heavy atom. The molecule has 0 saturated carbocycles. The van der Waals surface area contributed by atoms with Gasteiger partial charge in [-0.3, -0.25) is 0 Å². The third-order valence-corrected chi connectivity index (χ3v) is 2.72. The van der Waals surface area contributed by atoms with Crippen molar-refractivity contribution in [2.75, 3.05) is 0 Å². The first-order valence-corrected chi connectivity index (χ1v) is 5.61. The second-order valence-electron chi connectivity index (χ2n) is 4.67. The fourth-order valence-electron chi connectivity index (χ4n) is 1.69. The van der Waals surface area contributed by atoms with Gasteiger partial charge in [-0.05, 0) is 31.4 Å². The average molecular weight is 219 g/mol. The number of hydrogen-bond donors (Lipinski definition) is 0. The fraction of sp³-hybridized carbons (Fsp3) is 0.500. The molecule has 0 aliphatic carbocycles. The van der Waals surface area contributed by atoms with Gasteiger partial charge < -0.3 is 0 Å². The number of pyridine rings is 1. The molecule has 0 N–H and O–H groups in total. The molecule has 86 valence electrons. The molecule has 0 saturated heterocycles. The summed E-state index contributed by atoms with van der Waals surface area (Å²) in [4.78, 5) is 12.0. The van der Waals surface area contributed by atoms with Crippen LogP contribution in [0.1, 0.15) is 45.2 Å². The summed E-state index contributed by atoms with van der Waals surface area (Å²) in [5.74, 6) is 0.415. The van der Waals surface area contributed by atoms with Gasteiger partial charge in [-0.1, -0.05) is 19.9 Å². The van der Waals surface area contributed by atoms with Gasteiger partial charge in [0.15, 0.2) is 5.65 Å². The highest BCUT2D eigenvalue weighted by atomic mass is 16.2. The Kier molecular flexibility index (Phi) is 2.58. The first-order valence-electron chi connectivity index (χ1n) is 5.61. The molecule has 0 aliphatic rings. The van der Waals surface area contributed by atoms with Gasteiger partial charge >= 0.3 is 5.69 Å². The largest absolute Gasteiger partial charge is 0.350 e. The summed E-state index contributed by atoms with van der Waals surface area (Å²) in [6, 6.07) is 4.02. The van der Waals surface area contributed by atoms with Gasteiger partial charge in [0.05, 0.1) is 6.04 Å². The maximum Gasteiger partial charge on any atom is 0.350 e. The van der Waals surface area contributed by atoms with Gasteiger partial charge in [0.2, 0.25) is 0 Å². The van der Waals surface area contributed by atoms with Crippen molar-refractivity contribution in [1.82, 2.24) is 14.2 Å². The van der Waals surface area contributed by atoms with Crippen molar-refractivity contribution in [3.05, 3.63) is 34.4 Å². The summed E-state index contributed by atoms with van der Waals surface area (Å²) in [7, 11) is 0. The number of hydrogen-bond acceptors (Lipinski definition) is 2. The van der Waals surface area contributed by atoms with E-state index in [1.165, 1.54) is 4.68 Å². The molecule has 0 spiro atoms. The second kappa shape index (κ2) is 3.77. The molecule has 2 aromatic heterocycles. The average Bonchev–Trinajstić information content (AvgIpc) is 2.56. The lowest BCUT2D eigenvalue weighted by molar-refractivity contribution is 0.514. The molecule has 2 aromatic rings. The van der Waals surface area contributed by atoms with Crippen molar-refractivity contribution < 1.29 is 0 Å². The third-order valence-electron chi connectivity index (χ3n) is 2.72. The molecular formula is C12H17N3O. The summed E-state index contributed by atoms with van der Waals surface area (Å²) in [6.07, 6.45) is 1.88. The van der Waals surface area contributed by atoms with E-state index in [4.69, 9.17) is 0 Å². The molecule has 0 atom stereocenters. The fourth-order valence-corrected chi connectivity index (χ4v) is 1.69. The van der Waals surface area contributed by atoms with Crippen molar-refractivity contribution in [1.29, 1.82) is 0 Å². The first-order chi connectivity index (χ1) is 7.50. The zero-order valence-corrected chi connectivity index (χ0v) is 10.1. The lowest BCUT2D eigenvalue weighted by Gasteiger charge is -2.03. The van der Waals surface area contributed by atoms with E-state index in [2.05, 4.69) is 18.9 Å². The van der Waals surface area contributed by atoms with E-state index < -0.39 is 0 Å². The summed E-state index contributed by atoms with van der Waals surface area (Å²) in [5.41, 5.74) is 1.80. The Bertz CT molecular complexity index is 563. The van der Waals surface area contributed by atoms with Crippen LogP contribution in [0.2, 0.25) is 0 Å². The summed E-state index contributed by atoms with van der Waals surface area (Å²) < 4.78 is 3.13. The van der Waals surface area contributed by atoms with Crippen LogP contribution in [0.3, 0.4) is 0 Å². The maximum atomic E-state index is 12.0. The molecule has 0 fully saturated rings. The summed E-state index contributed by atoms with van der Waals surface area (Å²) in [5, 5.41) is 4.28. The standard InChI is InChI=1S/C12H17N3O/c1-8(2)10-5-6-11-13-15(9(3)4)12(16)14(11)7-10/h5-9H,1-4H3. The van der Waals surface area contributed by atoms with E-state index in [0.717, 1.165) is 5.56 Å². The van der Waals surface area contributed by atoms with Crippen molar-refractivity contribution in [2.24, 2.45) is 0 Å². The minimum absolute atomic E-state index is 0.0625. The van der Waals surface area contributed by atoms with E-state index in [0.29, 0.717) is 11.6 Å². The topological polar surface area (TPSA) is 39.3 Å². The van der Waals surface area contributed by atoms with Gasteiger partial charge in [-0.25, -0.2) is 13.9 Å². The minimum atomic E-state index is -0.0625. The van der Waals surface area contributed by atoms with Crippen molar-refractivity contribution >= 4 is 5.65 Å². The third kappa shape index (κ3) is 1.64. The van der Waals surface area contributed by atoms with E-state index >= 15 is 0 Å². The van der Waals surface area contributed by atoms with Gasteiger partial charge in [0.25, 0.3) is 0 Å². The monoisotopic (exact) mass is 219 g/mol. The second-order valence-corrected chi connectivity index (χ2v) is 4.67. The lowest BCUT2D eigenvalue weighted by Crippen LogP contribution is -2.22. The maximum absolute atomic E-state index is 12.0. The molecule has 2 heterocycles. The zero-order valence-electron chi connectivity index (χ0n) is 10.1. The molecule has 4 nitrogen and oxygen atoms in total. The summed E-state index contributed by atoms with van der Waals surface area (Å²) in [6.45, 7) is 8.13. The van der Waals surface area contributed by atoms with E-state index in [9.17, 15) is 4.79 Å². The van der Waals surface area contributed by atoms with Crippen LogP contribution in [-0.4, -0.2) is 14.2 Å². The van der Waals surface area contributed by atoms with E-state index in [1.807, 2.05) is 32.2 Å². The zero-order chi connectivity index (χ0) is 11.9. The molecule has 0 aromatic carbocycles. The highest BCUT2D eigenvalue weighted by Gasteiger charge is 2.10. The van der Waals surface area contributed by atoms with Crippen LogP contribution < -0.4 is 5.69 Å². The highest BCUT2D eigenvalue weighted by Crippen LogP contribution is 2.14. The quantitative estimate of drug-likeness (QED) is 0.776. The summed E-state index contributed by atoms with van der Waals surface area (Å²) >= 11 is 0. The Morgan fingerprint density at radius 3 is 2.44 bits per heavy atom. The Balaban J connectivity index is 2.69. The smallest absolute Gasteiger partial charge is 0.250 e. The molecular weight excluding hydrogens is 202 g/mol. The van der Waals surface area contributed by atoms with E-state index in [-0.39, 0.29) is 11.7 Å². The Morgan fingerprint density at radius 1 is 1.19 bits per heavy atom. The van der Waals surface area contributed by atoms with Gasteiger partial charge in [-0.15, -0.1) is 5.10 Å². The van der Waals surface area contributed by atoms with Crippen LogP contribution in [0, 0.1) is 0 Å². The molecule has 16 heavy (non-hydrogen) atoms. The molecule has 0 radical (unpaired) electrons. The van der Waals surface area contributed by atoms with Crippen molar-refractivity contribution in [3.8, 4) is 0 Å². The van der Waals surface area contributed by atoms with Gasteiger partial charge in [-0.2, -0.15) is 0 Å². The molecule has 2 rings (SSSR count). The van der Waals surface area contributed by atoms with Gasteiger partial charge in [0, 0.05) is 6.20 Å². The minimum Gasteiger partial charge on any atom is -0.250 e. The van der Waals surface area contributed by atoms with Crippen molar-refractivity contribution in [2.45, 2.75) is 39.7 Å². The number of aromatic nitrogens is 3.